The zero-order chi connectivity index (χ0) is 13.6. The second-order valence-electron chi connectivity index (χ2n) is 4.54. The molecule has 1 aromatic carbocycles. The van der Waals surface area contributed by atoms with Gasteiger partial charge in [0.05, 0.1) is 5.02 Å². The summed E-state index contributed by atoms with van der Waals surface area (Å²) in [6, 6.07) is 3.90. The summed E-state index contributed by atoms with van der Waals surface area (Å²) in [5.41, 5.74) is -0.993. The van der Waals surface area contributed by atoms with E-state index < -0.39 is 11.4 Å². The van der Waals surface area contributed by atoms with Crippen LogP contribution >= 0.6 is 11.6 Å². The van der Waals surface area contributed by atoms with Crippen molar-refractivity contribution in [3.8, 4) is 5.75 Å². The SMILES string of the molecule is CCCNCC(C)(O)COc1ccc(F)cc1Cl. The first kappa shape index (κ1) is 15.2. The van der Waals surface area contributed by atoms with E-state index in [1.54, 1.807) is 6.92 Å². The molecule has 1 atom stereocenters. The maximum absolute atomic E-state index is 12.8. The third kappa shape index (κ3) is 5.21. The Labute approximate surface area is 112 Å². The molecule has 1 rings (SSSR count). The standard InChI is InChI=1S/C13H19ClFNO2/c1-3-6-16-8-13(2,17)9-18-12-5-4-10(15)7-11(12)14/h4-5,7,16-17H,3,6,8-9H2,1-2H3. The highest BCUT2D eigenvalue weighted by atomic mass is 35.5. The second kappa shape index (κ2) is 6.92. The largest absolute Gasteiger partial charge is 0.489 e. The first-order valence-corrected chi connectivity index (χ1v) is 6.33. The van der Waals surface area contributed by atoms with Crippen molar-refractivity contribution in [1.29, 1.82) is 0 Å². The van der Waals surface area contributed by atoms with E-state index in [4.69, 9.17) is 16.3 Å². The third-order valence-corrected chi connectivity index (χ3v) is 2.66. The van der Waals surface area contributed by atoms with Crippen molar-refractivity contribution < 1.29 is 14.2 Å². The molecular formula is C13H19ClFNO2. The predicted octanol–water partition coefficient (Wildman–Crippen LogP) is 2.61. The molecule has 0 aliphatic heterocycles. The molecule has 0 bridgehead atoms. The zero-order valence-corrected chi connectivity index (χ0v) is 11.4. The Kier molecular flexibility index (Phi) is 5.85. The van der Waals surface area contributed by atoms with Gasteiger partial charge in [-0.2, -0.15) is 0 Å². The van der Waals surface area contributed by atoms with Crippen molar-refractivity contribution >= 4 is 11.6 Å². The van der Waals surface area contributed by atoms with E-state index in [0.717, 1.165) is 13.0 Å². The maximum atomic E-state index is 12.8. The molecule has 0 radical (unpaired) electrons. The van der Waals surface area contributed by atoms with E-state index in [-0.39, 0.29) is 11.6 Å². The molecule has 18 heavy (non-hydrogen) atoms. The van der Waals surface area contributed by atoms with Gasteiger partial charge in [0.25, 0.3) is 0 Å². The zero-order valence-electron chi connectivity index (χ0n) is 10.7. The minimum atomic E-state index is -0.993. The Bertz CT molecular complexity index is 385. The smallest absolute Gasteiger partial charge is 0.138 e. The second-order valence-corrected chi connectivity index (χ2v) is 4.94. The maximum Gasteiger partial charge on any atom is 0.138 e. The van der Waals surface area contributed by atoms with E-state index in [1.807, 2.05) is 0 Å². The summed E-state index contributed by atoms with van der Waals surface area (Å²) < 4.78 is 18.2. The van der Waals surface area contributed by atoms with Crippen LogP contribution in [0, 0.1) is 5.82 Å². The lowest BCUT2D eigenvalue weighted by molar-refractivity contribution is 0.0125. The van der Waals surface area contributed by atoms with Crippen molar-refractivity contribution in [2.24, 2.45) is 0 Å². The van der Waals surface area contributed by atoms with E-state index in [1.165, 1.54) is 18.2 Å². The van der Waals surface area contributed by atoms with Crippen LogP contribution < -0.4 is 10.1 Å². The highest BCUT2D eigenvalue weighted by Crippen LogP contribution is 2.25. The lowest BCUT2D eigenvalue weighted by Gasteiger charge is -2.24. The van der Waals surface area contributed by atoms with Crippen LogP contribution in [0.5, 0.6) is 5.75 Å². The fourth-order valence-corrected chi connectivity index (χ4v) is 1.63. The summed E-state index contributed by atoms with van der Waals surface area (Å²) in [6.45, 7) is 5.09. The van der Waals surface area contributed by atoms with Crippen molar-refractivity contribution in [3.05, 3.63) is 29.0 Å². The third-order valence-electron chi connectivity index (χ3n) is 2.37. The molecule has 0 spiro atoms. The van der Waals surface area contributed by atoms with Crippen molar-refractivity contribution in [2.75, 3.05) is 19.7 Å². The van der Waals surface area contributed by atoms with Crippen molar-refractivity contribution in [3.63, 3.8) is 0 Å². The summed E-state index contributed by atoms with van der Waals surface area (Å²) in [5.74, 6) is -0.0439. The summed E-state index contributed by atoms with van der Waals surface area (Å²) in [7, 11) is 0. The Morgan fingerprint density at radius 1 is 1.50 bits per heavy atom. The first-order chi connectivity index (χ1) is 8.44. The molecular weight excluding hydrogens is 257 g/mol. The van der Waals surface area contributed by atoms with Gasteiger partial charge in [-0.15, -0.1) is 0 Å². The van der Waals surface area contributed by atoms with Crippen LogP contribution in [0.4, 0.5) is 4.39 Å². The number of nitrogens with one attached hydrogen (secondary N) is 1. The van der Waals surface area contributed by atoms with Gasteiger partial charge >= 0.3 is 0 Å². The van der Waals surface area contributed by atoms with Crippen molar-refractivity contribution in [2.45, 2.75) is 25.9 Å². The molecule has 0 aromatic heterocycles. The molecule has 0 aliphatic carbocycles. The van der Waals surface area contributed by atoms with Gasteiger partial charge < -0.3 is 15.2 Å². The van der Waals surface area contributed by atoms with E-state index in [9.17, 15) is 9.50 Å². The topological polar surface area (TPSA) is 41.5 Å². The molecule has 3 nitrogen and oxygen atoms in total. The van der Waals surface area contributed by atoms with Crippen molar-refractivity contribution in [1.82, 2.24) is 5.32 Å². The van der Waals surface area contributed by atoms with Gasteiger partial charge in [-0.05, 0) is 38.1 Å². The fraction of sp³-hybridized carbons (Fsp3) is 0.538. The Hall–Kier alpha value is -0.840. The van der Waals surface area contributed by atoms with Crippen LogP contribution in [0.1, 0.15) is 20.3 Å². The summed E-state index contributed by atoms with van der Waals surface area (Å²) in [6.07, 6.45) is 1.00. The molecule has 0 fully saturated rings. The molecule has 0 amide bonds. The Morgan fingerprint density at radius 2 is 2.22 bits per heavy atom. The van der Waals surface area contributed by atoms with Crippen LogP contribution in [0.2, 0.25) is 5.02 Å². The number of rotatable bonds is 7. The van der Waals surface area contributed by atoms with Gasteiger partial charge in [-0.1, -0.05) is 18.5 Å². The molecule has 0 aliphatic rings. The first-order valence-electron chi connectivity index (χ1n) is 5.95. The van der Waals surface area contributed by atoms with E-state index in [2.05, 4.69) is 12.2 Å². The normalized spacial score (nSPS) is 14.3. The van der Waals surface area contributed by atoms with Crippen LogP contribution in [-0.4, -0.2) is 30.4 Å². The van der Waals surface area contributed by atoms with E-state index >= 15 is 0 Å². The number of halogens is 2. The average molecular weight is 276 g/mol. The van der Waals surface area contributed by atoms with Crippen LogP contribution in [0.15, 0.2) is 18.2 Å². The fourth-order valence-electron chi connectivity index (χ4n) is 1.41. The molecule has 102 valence electrons. The molecule has 0 heterocycles. The number of hydrogen-bond acceptors (Lipinski definition) is 3. The lowest BCUT2D eigenvalue weighted by atomic mass is 10.1. The molecule has 0 saturated carbocycles. The summed E-state index contributed by atoms with van der Waals surface area (Å²) in [4.78, 5) is 0. The minimum absolute atomic E-state index is 0.0923. The Morgan fingerprint density at radius 3 is 2.83 bits per heavy atom. The van der Waals surface area contributed by atoms with Crippen LogP contribution in [-0.2, 0) is 0 Å². The molecule has 2 N–H and O–H groups in total. The Balaban J connectivity index is 2.48. The molecule has 1 aromatic rings. The molecule has 1 unspecified atom stereocenters. The summed E-state index contributed by atoms with van der Waals surface area (Å²) >= 11 is 5.82. The van der Waals surface area contributed by atoms with Crippen LogP contribution in [0.25, 0.3) is 0 Å². The highest BCUT2D eigenvalue weighted by Gasteiger charge is 2.21. The monoisotopic (exact) mass is 275 g/mol. The highest BCUT2D eigenvalue weighted by molar-refractivity contribution is 6.32. The molecule has 5 heteroatoms. The van der Waals surface area contributed by atoms with Gasteiger partial charge in [-0.3, -0.25) is 0 Å². The van der Waals surface area contributed by atoms with Gasteiger partial charge in [0.15, 0.2) is 0 Å². The van der Waals surface area contributed by atoms with Gasteiger partial charge in [0, 0.05) is 6.54 Å². The average Bonchev–Trinajstić information content (AvgIpc) is 2.28. The minimum Gasteiger partial charge on any atom is -0.489 e. The quantitative estimate of drug-likeness (QED) is 0.752. The van der Waals surface area contributed by atoms with Gasteiger partial charge in [0.1, 0.15) is 23.8 Å². The summed E-state index contributed by atoms with van der Waals surface area (Å²) in [5, 5.41) is 13.4. The number of benzene rings is 1. The van der Waals surface area contributed by atoms with Crippen LogP contribution in [0.3, 0.4) is 0 Å². The molecule has 0 saturated heterocycles. The number of ether oxygens (including phenoxy) is 1. The van der Waals surface area contributed by atoms with Gasteiger partial charge in [-0.25, -0.2) is 4.39 Å². The number of hydrogen-bond donors (Lipinski definition) is 2. The van der Waals surface area contributed by atoms with Gasteiger partial charge in [0.2, 0.25) is 0 Å². The number of aliphatic hydroxyl groups is 1. The predicted molar refractivity (Wildman–Crippen MR) is 70.7 cm³/mol. The van der Waals surface area contributed by atoms with E-state index in [0.29, 0.717) is 12.3 Å². The lowest BCUT2D eigenvalue weighted by Crippen LogP contribution is -2.43.